The van der Waals surface area contributed by atoms with Gasteiger partial charge in [0.15, 0.2) is 0 Å². The first kappa shape index (κ1) is 17.0. The van der Waals surface area contributed by atoms with Crippen LogP contribution in [0.15, 0.2) is 29.2 Å². The fourth-order valence-electron chi connectivity index (χ4n) is 1.21. The van der Waals surface area contributed by atoms with Crippen LogP contribution in [0.4, 0.5) is 13.2 Å². The Kier molecular flexibility index (Phi) is 5.00. The van der Waals surface area contributed by atoms with Crippen LogP contribution in [0.5, 0.6) is 5.75 Å². The van der Waals surface area contributed by atoms with Crippen molar-refractivity contribution in [1.29, 1.82) is 0 Å². The monoisotopic (exact) mass is 323 g/mol. The van der Waals surface area contributed by atoms with Crippen molar-refractivity contribution in [3.05, 3.63) is 24.3 Å². The summed E-state index contributed by atoms with van der Waals surface area (Å²) in [6.45, 7) is 1.56. The Hall–Kier alpha value is -2.03. The van der Waals surface area contributed by atoms with Crippen LogP contribution in [0.1, 0.15) is 13.3 Å². The molecular formula is C12H12F3NO4S. The van der Waals surface area contributed by atoms with Crippen molar-refractivity contribution in [2.24, 2.45) is 0 Å². The number of ether oxygens (including phenoxy) is 1. The predicted octanol–water partition coefficient (Wildman–Crippen LogP) is 1.67. The molecule has 1 atom stereocenters. The molecule has 1 unspecified atom stereocenters. The van der Waals surface area contributed by atoms with Gasteiger partial charge in [-0.1, -0.05) is 13.0 Å². The lowest BCUT2D eigenvalue weighted by Crippen LogP contribution is -2.40. The predicted molar refractivity (Wildman–Crippen MR) is 70.1 cm³/mol. The van der Waals surface area contributed by atoms with E-state index in [1.807, 2.05) is 0 Å². The number of carbonyl (C=O) groups excluding carboxylic acids is 2. The number of hydrogen-bond acceptors (Lipinski definition) is 4. The van der Waals surface area contributed by atoms with Gasteiger partial charge in [0.25, 0.3) is 0 Å². The van der Waals surface area contributed by atoms with Gasteiger partial charge in [-0.2, -0.15) is 13.2 Å². The van der Waals surface area contributed by atoms with Crippen molar-refractivity contribution < 1.29 is 31.7 Å². The Balaban J connectivity index is 3.02. The van der Waals surface area contributed by atoms with Crippen molar-refractivity contribution in [3.8, 4) is 5.75 Å². The van der Waals surface area contributed by atoms with Gasteiger partial charge >= 0.3 is 18.1 Å². The zero-order chi connectivity index (χ0) is 16.3. The van der Waals surface area contributed by atoms with Crippen LogP contribution in [0, 0.1) is 0 Å². The molecule has 0 heterocycles. The third-order valence-corrected chi connectivity index (χ3v) is 3.75. The summed E-state index contributed by atoms with van der Waals surface area (Å²) < 4.78 is 54.7. The summed E-state index contributed by atoms with van der Waals surface area (Å²) >= 11 is 0. The van der Waals surface area contributed by atoms with E-state index in [0.717, 1.165) is 6.07 Å². The third kappa shape index (κ3) is 4.78. The molecule has 116 valence electrons. The maximum Gasteiger partial charge on any atom is 0.472 e. The molecule has 1 amide bonds. The van der Waals surface area contributed by atoms with Crippen LogP contribution < -0.4 is 9.46 Å². The Bertz CT molecular complexity index is 653. The Labute approximate surface area is 119 Å². The Morgan fingerprint density at radius 3 is 2.52 bits per heavy atom. The normalized spacial score (nSPS) is 14.1. The smallest absolute Gasteiger partial charge is 0.426 e. The molecule has 5 nitrogen and oxygen atoms in total. The number of benzene rings is 1. The molecule has 0 fully saturated rings. The van der Waals surface area contributed by atoms with Crippen molar-refractivity contribution in [3.63, 3.8) is 0 Å². The second-order valence-corrected chi connectivity index (χ2v) is 5.93. The molecule has 0 aliphatic carbocycles. The van der Waals surface area contributed by atoms with Crippen LogP contribution in [-0.2, 0) is 19.3 Å². The van der Waals surface area contributed by atoms with Crippen LogP contribution in [0.25, 0.3) is 0 Å². The average Bonchev–Trinajstić information content (AvgIpc) is 2.37. The first-order chi connectivity index (χ1) is 9.56. The number of alkyl halides is 3. The number of hydrogen-bond donors (Lipinski definition) is 1. The lowest BCUT2D eigenvalue weighted by Gasteiger charge is -2.13. The van der Waals surface area contributed by atoms with E-state index in [1.54, 1.807) is 6.92 Å². The van der Waals surface area contributed by atoms with Gasteiger partial charge in [-0.3, -0.25) is 14.3 Å². The first-order valence-electron chi connectivity index (χ1n) is 5.63. The molecule has 0 spiro atoms. The number of carbonyl (C=O) groups is 2. The molecule has 1 aromatic carbocycles. The highest BCUT2D eigenvalue weighted by Gasteiger charge is 2.40. The van der Waals surface area contributed by atoms with Crippen molar-refractivity contribution >= 4 is 27.5 Å². The molecule has 0 aliphatic rings. The third-order valence-electron chi connectivity index (χ3n) is 2.22. The van der Waals surface area contributed by atoms with Gasteiger partial charge in [-0.25, -0.2) is 4.21 Å². The number of nitrogens with one attached hydrogen (secondary N) is 1. The largest absolute Gasteiger partial charge is 0.472 e. The molecule has 9 heteroatoms. The second-order valence-electron chi connectivity index (χ2n) is 3.91. The van der Waals surface area contributed by atoms with Gasteiger partial charge in [0.2, 0.25) is 0 Å². The first-order valence-corrected chi connectivity index (χ1v) is 7.36. The van der Waals surface area contributed by atoms with Gasteiger partial charge in [0.1, 0.15) is 5.75 Å². The summed E-state index contributed by atoms with van der Waals surface area (Å²) in [5, 5.41) is 0. The lowest BCUT2D eigenvalue weighted by atomic mass is 10.3. The molecule has 1 rings (SSSR count). The van der Waals surface area contributed by atoms with Crippen LogP contribution in [0.3, 0.4) is 0 Å². The van der Waals surface area contributed by atoms with E-state index in [9.17, 15) is 27.0 Å². The number of amides is 1. The highest BCUT2D eigenvalue weighted by molar-refractivity contribution is 7.99. The molecule has 0 bridgehead atoms. The van der Waals surface area contributed by atoms with E-state index >= 15 is 0 Å². The number of rotatable bonds is 4. The zero-order valence-electron chi connectivity index (χ0n) is 10.9. The van der Waals surface area contributed by atoms with Gasteiger partial charge in [0, 0.05) is 6.42 Å². The summed E-state index contributed by atoms with van der Waals surface area (Å²) in [5.74, 6) is 0.157. The van der Waals surface area contributed by atoms with E-state index in [-0.39, 0.29) is 17.1 Å². The minimum atomic E-state index is -5.17. The molecule has 0 saturated heterocycles. The molecule has 0 saturated carbocycles. The van der Waals surface area contributed by atoms with Gasteiger partial charge in [-0.05, 0) is 24.1 Å². The summed E-state index contributed by atoms with van der Waals surface area (Å²) in [6, 6.07) is 4.96. The maximum absolute atomic E-state index is 12.2. The molecule has 0 aromatic heterocycles. The van der Waals surface area contributed by atoms with E-state index in [0.29, 0.717) is 0 Å². The van der Waals surface area contributed by atoms with Gasteiger partial charge in [-0.15, -0.1) is 0 Å². The van der Waals surface area contributed by atoms with Crippen LogP contribution >= 0.6 is 0 Å². The molecule has 1 N–H and O–H groups in total. The van der Waals surface area contributed by atoms with Gasteiger partial charge < -0.3 is 4.74 Å². The summed E-state index contributed by atoms with van der Waals surface area (Å²) in [6.07, 6.45) is -5.08. The minimum Gasteiger partial charge on any atom is -0.426 e. The average molecular weight is 323 g/mol. The van der Waals surface area contributed by atoms with Gasteiger partial charge in [0.05, 0.1) is 14.6 Å². The van der Waals surface area contributed by atoms with Crippen molar-refractivity contribution in [2.45, 2.75) is 24.4 Å². The quantitative estimate of drug-likeness (QED) is 0.520. The SMILES string of the molecule is C=S(=O)(NC(=O)C(F)(F)F)c1cccc(OC(=O)CC)c1. The Morgan fingerprint density at radius 1 is 1.38 bits per heavy atom. The standard InChI is InChI=1S/C12H12F3NO4S/c1-3-10(17)20-8-5-4-6-9(7-8)21(2,19)16-11(18)12(13,14)15/h4-7H,2-3H2,1H3,(H,16,18,19). The van der Waals surface area contributed by atoms with E-state index < -0.39 is 27.8 Å². The number of esters is 1. The molecular weight excluding hydrogens is 311 g/mol. The van der Waals surface area contributed by atoms with Crippen molar-refractivity contribution in [1.82, 2.24) is 4.72 Å². The highest BCUT2D eigenvalue weighted by Crippen LogP contribution is 2.20. The topological polar surface area (TPSA) is 72.5 Å². The van der Waals surface area contributed by atoms with E-state index in [4.69, 9.17) is 4.74 Å². The summed E-state index contributed by atoms with van der Waals surface area (Å²) in [5.41, 5.74) is 0. The molecule has 0 radical (unpaired) electrons. The zero-order valence-corrected chi connectivity index (χ0v) is 11.7. The number of halogens is 3. The maximum atomic E-state index is 12.2. The highest BCUT2D eigenvalue weighted by atomic mass is 32.2. The second kappa shape index (κ2) is 6.17. The fraction of sp³-hybridized carbons (Fsp3) is 0.250. The molecule has 1 aromatic rings. The fourth-order valence-corrected chi connectivity index (χ4v) is 2.35. The molecule has 0 aliphatic heterocycles. The Morgan fingerprint density at radius 2 is 2.00 bits per heavy atom. The van der Waals surface area contributed by atoms with E-state index in [2.05, 4.69) is 5.87 Å². The molecule has 21 heavy (non-hydrogen) atoms. The van der Waals surface area contributed by atoms with Crippen LogP contribution in [-0.4, -0.2) is 28.1 Å². The lowest BCUT2D eigenvalue weighted by molar-refractivity contribution is -0.171. The summed E-state index contributed by atoms with van der Waals surface area (Å²) in [7, 11) is -3.72. The minimum absolute atomic E-state index is 0.00279. The summed E-state index contributed by atoms with van der Waals surface area (Å²) in [4.78, 5) is 21.8. The van der Waals surface area contributed by atoms with Crippen LogP contribution in [0.2, 0.25) is 0 Å². The van der Waals surface area contributed by atoms with E-state index in [1.165, 1.54) is 22.9 Å². The van der Waals surface area contributed by atoms with Crippen molar-refractivity contribution in [2.75, 3.05) is 0 Å².